The Morgan fingerprint density at radius 1 is 1.50 bits per heavy atom. The molecule has 1 aromatic heterocycles. The molecule has 0 spiro atoms. The van der Waals surface area contributed by atoms with Crippen molar-refractivity contribution in [3.05, 3.63) is 15.9 Å². The van der Waals surface area contributed by atoms with Gasteiger partial charge in [-0.2, -0.15) is 0 Å². The molecule has 112 valence electrons. The van der Waals surface area contributed by atoms with E-state index in [9.17, 15) is 10.1 Å². The maximum absolute atomic E-state index is 11.1. The molecule has 2 heterocycles. The molecule has 2 rings (SSSR count). The number of imidazole rings is 1. The van der Waals surface area contributed by atoms with E-state index in [0.29, 0.717) is 18.2 Å². The fraction of sp³-hybridized carbons (Fsp3) is 0.769. The Hall–Kier alpha value is -1.63. The molecule has 2 N–H and O–H groups in total. The molecule has 0 atom stereocenters. The number of hydrogen-bond donors (Lipinski definition) is 2. The molecule has 7 nitrogen and oxygen atoms in total. The van der Waals surface area contributed by atoms with Crippen LogP contribution in [0, 0.1) is 22.5 Å². The Morgan fingerprint density at radius 2 is 2.15 bits per heavy atom. The summed E-state index contributed by atoms with van der Waals surface area (Å²) in [6, 6.07) is 0. The van der Waals surface area contributed by atoms with Crippen LogP contribution in [0.3, 0.4) is 0 Å². The third-order valence-electron chi connectivity index (χ3n) is 4.12. The highest BCUT2D eigenvalue weighted by Crippen LogP contribution is 2.31. The van der Waals surface area contributed by atoms with Crippen LogP contribution in [0.2, 0.25) is 0 Å². The monoisotopic (exact) mass is 281 g/mol. The zero-order valence-corrected chi connectivity index (χ0v) is 12.4. The molecular weight excluding hydrogens is 258 g/mol. The number of anilines is 1. The van der Waals surface area contributed by atoms with Gasteiger partial charge in [-0.3, -0.25) is 4.57 Å². The first kappa shape index (κ1) is 14.8. The molecule has 1 aliphatic rings. The predicted molar refractivity (Wildman–Crippen MR) is 78.0 cm³/mol. The highest BCUT2D eigenvalue weighted by Gasteiger charge is 2.30. The van der Waals surface area contributed by atoms with Crippen LogP contribution >= 0.6 is 0 Å². The van der Waals surface area contributed by atoms with E-state index >= 15 is 0 Å². The highest BCUT2D eigenvalue weighted by molar-refractivity contribution is 5.53. The molecule has 0 aromatic carbocycles. The molecular formula is C13H23N5O2. The minimum Gasteiger partial charge on any atom is -0.364 e. The molecule has 1 aliphatic heterocycles. The van der Waals surface area contributed by atoms with Crippen molar-refractivity contribution < 1.29 is 4.92 Å². The van der Waals surface area contributed by atoms with Crippen molar-refractivity contribution in [2.75, 3.05) is 25.0 Å². The van der Waals surface area contributed by atoms with Crippen LogP contribution in [0.25, 0.3) is 0 Å². The summed E-state index contributed by atoms with van der Waals surface area (Å²) in [5.41, 5.74) is 0.176. The normalized spacial score (nSPS) is 17.9. The summed E-state index contributed by atoms with van der Waals surface area (Å²) in [7, 11) is 0. The fourth-order valence-corrected chi connectivity index (χ4v) is 2.74. The molecule has 0 amide bonds. The maximum atomic E-state index is 11.1. The van der Waals surface area contributed by atoms with Crippen LogP contribution in [-0.4, -0.2) is 34.1 Å². The van der Waals surface area contributed by atoms with E-state index in [4.69, 9.17) is 0 Å². The summed E-state index contributed by atoms with van der Waals surface area (Å²) in [6.07, 6.45) is 2.15. The summed E-state index contributed by atoms with van der Waals surface area (Å²) in [5, 5.41) is 17.7. The molecule has 1 fully saturated rings. The molecule has 0 saturated carbocycles. The summed E-state index contributed by atoms with van der Waals surface area (Å²) in [6.45, 7) is 9.42. The Morgan fingerprint density at radius 3 is 2.70 bits per heavy atom. The van der Waals surface area contributed by atoms with Crippen LogP contribution in [-0.2, 0) is 6.54 Å². The number of nitrogens with zero attached hydrogens (tertiary/aromatic N) is 3. The van der Waals surface area contributed by atoms with Crippen LogP contribution in [0.5, 0.6) is 0 Å². The third kappa shape index (κ3) is 2.92. The number of hydrogen-bond acceptors (Lipinski definition) is 5. The summed E-state index contributed by atoms with van der Waals surface area (Å²) < 4.78 is 1.86. The van der Waals surface area contributed by atoms with Gasteiger partial charge in [-0.1, -0.05) is 6.92 Å². The SMILES string of the molecule is CCn1c(C)nc([N+](=O)[O-])c1NCC1(C)CCNCC1. The van der Waals surface area contributed by atoms with E-state index in [1.807, 2.05) is 11.5 Å². The van der Waals surface area contributed by atoms with Crippen molar-refractivity contribution >= 4 is 11.6 Å². The lowest BCUT2D eigenvalue weighted by Crippen LogP contribution is -2.39. The number of rotatable bonds is 5. The number of nitrogens with one attached hydrogen (secondary N) is 2. The van der Waals surface area contributed by atoms with Gasteiger partial charge in [-0.05, 0) is 48.2 Å². The second-order valence-electron chi connectivity index (χ2n) is 5.75. The smallest absolute Gasteiger partial charge is 0.364 e. The van der Waals surface area contributed by atoms with Gasteiger partial charge >= 0.3 is 5.82 Å². The summed E-state index contributed by atoms with van der Waals surface area (Å²) in [5.74, 6) is 1.15. The third-order valence-corrected chi connectivity index (χ3v) is 4.12. The van der Waals surface area contributed by atoms with Gasteiger partial charge in [0.05, 0.1) is 0 Å². The molecule has 20 heavy (non-hydrogen) atoms. The van der Waals surface area contributed by atoms with Crippen molar-refractivity contribution in [1.29, 1.82) is 0 Å². The highest BCUT2D eigenvalue weighted by atomic mass is 16.6. The van der Waals surface area contributed by atoms with E-state index in [1.54, 1.807) is 6.92 Å². The average Bonchev–Trinajstić information content (AvgIpc) is 2.73. The minimum absolute atomic E-state index is 0.0677. The summed E-state index contributed by atoms with van der Waals surface area (Å²) in [4.78, 5) is 14.8. The maximum Gasteiger partial charge on any atom is 0.406 e. The number of aromatic nitrogens is 2. The van der Waals surface area contributed by atoms with E-state index < -0.39 is 4.92 Å². The van der Waals surface area contributed by atoms with E-state index in [-0.39, 0.29) is 11.2 Å². The lowest BCUT2D eigenvalue weighted by Gasteiger charge is -2.34. The van der Waals surface area contributed by atoms with Crippen molar-refractivity contribution in [1.82, 2.24) is 14.9 Å². The van der Waals surface area contributed by atoms with Gasteiger partial charge in [0.25, 0.3) is 0 Å². The van der Waals surface area contributed by atoms with Crippen molar-refractivity contribution in [3.8, 4) is 0 Å². The van der Waals surface area contributed by atoms with Gasteiger partial charge in [0.15, 0.2) is 0 Å². The second kappa shape index (κ2) is 5.78. The number of aryl methyl sites for hydroxylation is 1. The van der Waals surface area contributed by atoms with Gasteiger partial charge in [-0.15, -0.1) is 0 Å². The fourth-order valence-electron chi connectivity index (χ4n) is 2.74. The Labute approximate surface area is 118 Å². The summed E-state index contributed by atoms with van der Waals surface area (Å²) >= 11 is 0. The van der Waals surface area contributed by atoms with E-state index in [2.05, 4.69) is 22.5 Å². The zero-order chi connectivity index (χ0) is 14.8. The van der Waals surface area contributed by atoms with E-state index in [1.165, 1.54) is 0 Å². The lowest BCUT2D eigenvalue weighted by molar-refractivity contribution is -0.388. The van der Waals surface area contributed by atoms with Gasteiger partial charge in [-0.25, -0.2) is 0 Å². The van der Waals surface area contributed by atoms with Gasteiger partial charge in [0.2, 0.25) is 11.6 Å². The average molecular weight is 281 g/mol. The first-order valence-corrected chi connectivity index (χ1v) is 7.13. The number of nitro groups is 1. The first-order valence-electron chi connectivity index (χ1n) is 7.13. The minimum atomic E-state index is -0.410. The van der Waals surface area contributed by atoms with Crippen LogP contribution in [0.15, 0.2) is 0 Å². The van der Waals surface area contributed by atoms with Gasteiger partial charge < -0.3 is 20.7 Å². The Bertz CT molecular complexity index is 491. The molecule has 0 aliphatic carbocycles. The van der Waals surface area contributed by atoms with Crippen molar-refractivity contribution in [2.45, 2.75) is 40.2 Å². The molecule has 1 aromatic rings. The molecule has 0 radical (unpaired) electrons. The standard InChI is InChI=1S/C13H23N5O2/c1-4-17-10(2)16-12(18(19)20)11(17)15-9-13(3)5-7-14-8-6-13/h14-15H,4-9H2,1-3H3. The van der Waals surface area contributed by atoms with Crippen LogP contribution in [0.4, 0.5) is 11.6 Å². The Kier molecular flexibility index (Phi) is 4.27. The first-order chi connectivity index (χ1) is 9.47. The van der Waals surface area contributed by atoms with Gasteiger partial charge in [0, 0.05) is 20.0 Å². The molecule has 0 unspecified atom stereocenters. The molecule has 7 heteroatoms. The zero-order valence-electron chi connectivity index (χ0n) is 12.4. The van der Waals surface area contributed by atoms with Crippen LogP contribution in [0.1, 0.15) is 32.5 Å². The van der Waals surface area contributed by atoms with Crippen molar-refractivity contribution in [3.63, 3.8) is 0 Å². The quantitative estimate of drug-likeness (QED) is 0.636. The van der Waals surface area contributed by atoms with Crippen molar-refractivity contribution in [2.24, 2.45) is 5.41 Å². The number of piperidine rings is 1. The predicted octanol–water partition coefficient (Wildman–Crippen LogP) is 1.92. The topological polar surface area (TPSA) is 85.0 Å². The molecule has 0 bridgehead atoms. The second-order valence-corrected chi connectivity index (χ2v) is 5.75. The Balaban J connectivity index is 2.17. The van der Waals surface area contributed by atoms with Gasteiger partial charge in [0.1, 0.15) is 0 Å². The molecule has 1 saturated heterocycles. The lowest BCUT2D eigenvalue weighted by atomic mass is 9.81. The largest absolute Gasteiger partial charge is 0.406 e. The van der Waals surface area contributed by atoms with E-state index in [0.717, 1.165) is 32.5 Å². The van der Waals surface area contributed by atoms with Crippen LogP contribution < -0.4 is 10.6 Å².